The minimum absolute atomic E-state index is 0.271. The predicted octanol–water partition coefficient (Wildman–Crippen LogP) is 2.15. The zero-order valence-electron chi connectivity index (χ0n) is 10.00. The zero-order valence-corrected chi connectivity index (χ0v) is 10.8. The van der Waals surface area contributed by atoms with Gasteiger partial charge in [-0.05, 0) is 43.0 Å². The lowest BCUT2D eigenvalue weighted by atomic mass is 10.1. The summed E-state index contributed by atoms with van der Waals surface area (Å²) in [5.41, 5.74) is 7.02. The van der Waals surface area contributed by atoms with Crippen molar-refractivity contribution < 1.29 is 9.18 Å². The van der Waals surface area contributed by atoms with Crippen LogP contribution in [0.25, 0.3) is 0 Å². The van der Waals surface area contributed by atoms with Crippen molar-refractivity contribution in [1.29, 1.82) is 0 Å². The molecule has 1 rings (SSSR count). The van der Waals surface area contributed by atoms with Gasteiger partial charge in [-0.15, -0.1) is 0 Å². The van der Waals surface area contributed by atoms with Crippen LogP contribution >= 0.6 is 11.8 Å². The maximum atomic E-state index is 13.0. The van der Waals surface area contributed by atoms with E-state index in [4.69, 9.17) is 5.73 Å². The van der Waals surface area contributed by atoms with E-state index in [1.54, 1.807) is 17.8 Å². The van der Waals surface area contributed by atoms with Crippen LogP contribution in [0.4, 0.5) is 10.1 Å². The fraction of sp³-hybridized carbons (Fsp3) is 0.417. The smallest absolute Gasteiger partial charge is 0.241 e. The van der Waals surface area contributed by atoms with E-state index in [-0.39, 0.29) is 11.7 Å². The van der Waals surface area contributed by atoms with Crippen molar-refractivity contribution in [2.75, 3.05) is 17.3 Å². The van der Waals surface area contributed by atoms with Gasteiger partial charge in [-0.3, -0.25) is 4.79 Å². The third-order valence-corrected chi connectivity index (χ3v) is 3.07. The second kappa shape index (κ2) is 6.61. The number of amides is 1. The highest BCUT2D eigenvalue weighted by molar-refractivity contribution is 7.98. The van der Waals surface area contributed by atoms with Crippen LogP contribution in [0.5, 0.6) is 0 Å². The van der Waals surface area contributed by atoms with Crippen LogP contribution in [0.2, 0.25) is 0 Å². The summed E-state index contributed by atoms with van der Waals surface area (Å²) in [6.07, 6.45) is 2.57. The lowest BCUT2D eigenvalue weighted by molar-refractivity contribution is -0.117. The summed E-state index contributed by atoms with van der Waals surface area (Å²) in [6.45, 7) is 1.81. The number of benzene rings is 1. The molecule has 0 saturated carbocycles. The van der Waals surface area contributed by atoms with Gasteiger partial charge in [0.25, 0.3) is 0 Å². The Balaban J connectivity index is 2.64. The van der Waals surface area contributed by atoms with Crippen molar-refractivity contribution in [3.05, 3.63) is 29.6 Å². The number of thioether (sulfide) groups is 1. The van der Waals surface area contributed by atoms with Crippen molar-refractivity contribution in [2.24, 2.45) is 5.73 Å². The first kappa shape index (κ1) is 14.0. The van der Waals surface area contributed by atoms with Crippen molar-refractivity contribution in [2.45, 2.75) is 19.4 Å². The molecule has 0 aliphatic carbocycles. The molecule has 0 radical (unpaired) electrons. The van der Waals surface area contributed by atoms with Gasteiger partial charge >= 0.3 is 0 Å². The van der Waals surface area contributed by atoms with Gasteiger partial charge in [0.2, 0.25) is 5.91 Å². The summed E-state index contributed by atoms with van der Waals surface area (Å²) in [7, 11) is 0. The summed E-state index contributed by atoms with van der Waals surface area (Å²) in [5, 5.41) is 2.65. The van der Waals surface area contributed by atoms with Gasteiger partial charge in [-0.2, -0.15) is 11.8 Å². The molecular weight excluding hydrogens is 239 g/mol. The van der Waals surface area contributed by atoms with E-state index in [9.17, 15) is 9.18 Å². The van der Waals surface area contributed by atoms with Gasteiger partial charge in [0.05, 0.1) is 6.04 Å². The quantitative estimate of drug-likeness (QED) is 0.848. The second-order valence-electron chi connectivity index (χ2n) is 3.84. The predicted molar refractivity (Wildman–Crippen MR) is 70.7 cm³/mol. The average Bonchev–Trinajstić information content (AvgIpc) is 2.30. The molecule has 3 N–H and O–H groups in total. The number of hydrogen-bond donors (Lipinski definition) is 2. The Labute approximate surface area is 105 Å². The topological polar surface area (TPSA) is 55.1 Å². The van der Waals surface area contributed by atoms with Gasteiger partial charge in [-0.25, -0.2) is 4.39 Å². The Bertz CT molecular complexity index is 398. The van der Waals surface area contributed by atoms with E-state index in [1.165, 1.54) is 12.1 Å². The van der Waals surface area contributed by atoms with Crippen LogP contribution in [0.1, 0.15) is 12.0 Å². The molecule has 5 heteroatoms. The molecule has 0 aliphatic heterocycles. The largest absolute Gasteiger partial charge is 0.324 e. The van der Waals surface area contributed by atoms with Crippen LogP contribution in [0, 0.1) is 12.7 Å². The van der Waals surface area contributed by atoms with Crippen LogP contribution < -0.4 is 11.1 Å². The Kier molecular flexibility index (Phi) is 5.44. The Hall–Kier alpha value is -1.07. The SMILES string of the molecule is CSCC[C@@H](N)C(=O)Nc1cc(F)ccc1C. The van der Waals surface area contributed by atoms with E-state index in [0.29, 0.717) is 12.1 Å². The summed E-state index contributed by atoms with van der Waals surface area (Å²) in [5.74, 6) is 0.188. The zero-order chi connectivity index (χ0) is 12.8. The second-order valence-corrected chi connectivity index (χ2v) is 4.82. The number of hydrogen-bond acceptors (Lipinski definition) is 3. The average molecular weight is 256 g/mol. The number of aryl methyl sites for hydroxylation is 1. The summed E-state index contributed by atoms with van der Waals surface area (Å²) in [6, 6.07) is 3.73. The molecule has 0 bridgehead atoms. The van der Waals surface area contributed by atoms with E-state index in [2.05, 4.69) is 5.32 Å². The Morgan fingerprint density at radius 2 is 2.29 bits per heavy atom. The molecule has 1 aromatic rings. The van der Waals surface area contributed by atoms with Crippen LogP contribution in [0.15, 0.2) is 18.2 Å². The lowest BCUT2D eigenvalue weighted by Gasteiger charge is -2.13. The molecule has 3 nitrogen and oxygen atoms in total. The van der Waals surface area contributed by atoms with E-state index in [0.717, 1.165) is 11.3 Å². The van der Waals surface area contributed by atoms with Gasteiger partial charge in [0.15, 0.2) is 0 Å². The number of carbonyl (C=O) groups is 1. The third-order valence-electron chi connectivity index (χ3n) is 2.43. The van der Waals surface area contributed by atoms with E-state index >= 15 is 0 Å². The minimum Gasteiger partial charge on any atom is -0.324 e. The number of anilines is 1. The van der Waals surface area contributed by atoms with Gasteiger partial charge in [-0.1, -0.05) is 6.07 Å². The first-order valence-electron chi connectivity index (χ1n) is 5.36. The number of carbonyl (C=O) groups excluding carboxylic acids is 1. The fourth-order valence-corrected chi connectivity index (χ4v) is 1.82. The first-order valence-corrected chi connectivity index (χ1v) is 6.75. The maximum Gasteiger partial charge on any atom is 0.241 e. The van der Waals surface area contributed by atoms with Crippen LogP contribution in [-0.4, -0.2) is 24.0 Å². The third kappa shape index (κ3) is 4.36. The standard InChI is InChI=1S/C12H17FN2OS/c1-8-3-4-9(13)7-11(8)15-12(16)10(14)5-6-17-2/h3-4,7,10H,5-6,14H2,1-2H3,(H,15,16)/t10-/m1/s1. The fourth-order valence-electron chi connectivity index (χ4n) is 1.33. The molecule has 0 saturated heterocycles. The van der Waals surface area contributed by atoms with Crippen LogP contribution in [0.3, 0.4) is 0 Å². The molecule has 0 heterocycles. The molecule has 0 spiro atoms. The van der Waals surface area contributed by atoms with Gasteiger partial charge in [0, 0.05) is 5.69 Å². The summed E-state index contributed by atoms with van der Waals surface area (Å²) < 4.78 is 13.0. The van der Waals surface area contributed by atoms with Crippen molar-refractivity contribution in [3.63, 3.8) is 0 Å². The lowest BCUT2D eigenvalue weighted by Crippen LogP contribution is -2.36. The number of rotatable bonds is 5. The molecule has 0 aromatic heterocycles. The highest BCUT2D eigenvalue weighted by Crippen LogP contribution is 2.16. The molecule has 0 aliphatic rings. The molecule has 17 heavy (non-hydrogen) atoms. The van der Waals surface area contributed by atoms with Crippen LogP contribution in [-0.2, 0) is 4.79 Å². The van der Waals surface area contributed by atoms with Crippen molar-refractivity contribution in [1.82, 2.24) is 0 Å². The summed E-state index contributed by atoms with van der Waals surface area (Å²) in [4.78, 5) is 11.7. The molecule has 0 unspecified atom stereocenters. The Morgan fingerprint density at radius 3 is 2.94 bits per heavy atom. The molecular formula is C12H17FN2OS. The molecule has 94 valence electrons. The van der Waals surface area contributed by atoms with Gasteiger partial charge in [0.1, 0.15) is 5.82 Å². The number of nitrogens with one attached hydrogen (secondary N) is 1. The summed E-state index contributed by atoms with van der Waals surface area (Å²) >= 11 is 1.64. The number of nitrogens with two attached hydrogens (primary N) is 1. The minimum atomic E-state index is -0.551. The molecule has 1 atom stereocenters. The van der Waals surface area contributed by atoms with E-state index < -0.39 is 6.04 Å². The number of halogens is 1. The normalized spacial score (nSPS) is 12.2. The Morgan fingerprint density at radius 1 is 1.59 bits per heavy atom. The van der Waals surface area contributed by atoms with Crippen molar-refractivity contribution >= 4 is 23.4 Å². The highest BCUT2D eigenvalue weighted by Gasteiger charge is 2.14. The molecule has 1 aromatic carbocycles. The van der Waals surface area contributed by atoms with Gasteiger partial charge < -0.3 is 11.1 Å². The molecule has 0 fully saturated rings. The monoisotopic (exact) mass is 256 g/mol. The van der Waals surface area contributed by atoms with E-state index in [1.807, 2.05) is 13.2 Å². The molecule has 1 amide bonds. The maximum absolute atomic E-state index is 13.0. The highest BCUT2D eigenvalue weighted by atomic mass is 32.2. The first-order chi connectivity index (χ1) is 8.04. The van der Waals surface area contributed by atoms with Crippen molar-refractivity contribution in [3.8, 4) is 0 Å².